The highest BCUT2D eigenvalue weighted by Gasteiger charge is 2.11. The minimum absolute atomic E-state index is 0.735. The first-order valence-corrected chi connectivity index (χ1v) is 11.0. The lowest BCUT2D eigenvalue weighted by Crippen LogP contribution is -2.38. The van der Waals surface area contributed by atoms with E-state index in [4.69, 9.17) is 11.6 Å². The molecule has 0 rings (SSSR count). The zero-order valence-corrected chi connectivity index (χ0v) is 17.3. The topological polar surface area (TPSA) is 0 Å². The highest BCUT2D eigenvalue weighted by Crippen LogP contribution is 2.14. The summed E-state index contributed by atoms with van der Waals surface area (Å²) in [6.07, 6.45) is 23.0. The third-order valence-corrected chi connectivity index (χ3v) is 5.59. The van der Waals surface area contributed by atoms with Crippen LogP contribution in [-0.4, -0.2) is 31.1 Å². The van der Waals surface area contributed by atoms with E-state index in [1.165, 1.54) is 109 Å². The normalized spacial score (nSPS) is 12.0. The molecule has 0 saturated heterocycles. The lowest BCUT2D eigenvalue weighted by Gasteiger charge is -2.26. The number of hydrogen-bond acceptors (Lipinski definition) is 0. The van der Waals surface area contributed by atoms with Gasteiger partial charge < -0.3 is 4.48 Å². The molecule has 0 spiro atoms. The molecule has 0 N–H and O–H groups in total. The maximum atomic E-state index is 5.94. The molecule has 0 radical (unpaired) electrons. The molecular formula is C21H45ClN+. The van der Waals surface area contributed by atoms with Gasteiger partial charge in [-0.15, -0.1) is 0 Å². The summed E-state index contributed by atoms with van der Waals surface area (Å²) >= 11 is 5.94. The van der Waals surface area contributed by atoms with Crippen molar-refractivity contribution >= 4 is 11.6 Å². The van der Waals surface area contributed by atoms with E-state index < -0.39 is 0 Å². The van der Waals surface area contributed by atoms with E-state index in [9.17, 15) is 0 Å². The van der Waals surface area contributed by atoms with Crippen LogP contribution in [0.4, 0.5) is 0 Å². The average Bonchev–Trinajstić information content (AvgIpc) is 2.54. The summed E-state index contributed by atoms with van der Waals surface area (Å²) in [5.74, 6) is 0. The van der Waals surface area contributed by atoms with Crippen molar-refractivity contribution in [2.45, 2.75) is 110 Å². The predicted molar refractivity (Wildman–Crippen MR) is 107 cm³/mol. The second kappa shape index (κ2) is 17.1. The SMILES string of the molecule is CCCCCCCCCCCCCCCCCC[N+](C)(C)CCl. The molecule has 0 atom stereocenters. The molecule has 0 saturated carbocycles. The van der Waals surface area contributed by atoms with E-state index in [2.05, 4.69) is 21.0 Å². The molecule has 0 aromatic heterocycles. The first kappa shape index (κ1) is 23.2. The van der Waals surface area contributed by atoms with E-state index in [0.717, 1.165) is 10.5 Å². The molecule has 0 aliphatic carbocycles. The second-order valence-corrected chi connectivity index (χ2v) is 8.32. The third kappa shape index (κ3) is 18.4. The Bertz CT molecular complexity index is 228. The van der Waals surface area contributed by atoms with Crippen molar-refractivity contribution in [3.05, 3.63) is 0 Å². The van der Waals surface area contributed by atoms with Crippen molar-refractivity contribution in [1.29, 1.82) is 0 Å². The van der Waals surface area contributed by atoms with Gasteiger partial charge in [-0.25, -0.2) is 0 Å². The Morgan fingerprint density at radius 2 is 0.826 bits per heavy atom. The summed E-state index contributed by atoms with van der Waals surface area (Å²) in [6.45, 7) is 3.52. The molecule has 0 amide bonds. The van der Waals surface area contributed by atoms with Gasteiger partial charge >= 0.3 is 0 Å². The van der Waals surface area contributed by atoms with E-state index >= 15 is 0 Å². The van der Waals surface area contributed by atoms with E-state index in [-0.39, 0.29) is 0 Å². The van der Waals surface area contributed by atoms with Crippen LogP contribution in [0.15, 0.2) is 0 Å². The molecule has 0 aliphatic rings. The van der Waals surface area contributed by atoms with E-state index in [1.807, 2.05) is 0 Å². The van der Waals surface area contributed by atoms with Gasteiger partial charge in [0.15, 0.2) is 6.00 Å². The number of unbranched alkanes of at least 4 members (excludes halogenated alkanes) is 15. The molecular weight excluding hydrogens is 302 g/mol. The van der Waals surface area contributed by atoms with Gasteiger partial charge in [-0.1, -0.05) is 108 Å². The Morgan fingerprint density at radius 1 is 0.522 bits per heavy atom. The van der Waals surface area contributed by atoms with Gasteiger partial charge in [0.05, 0.1) is 20.6 Å². The molecule has 0 unspecified atom stereocenters. The quantitative estimate of drug-likeness (QED) is 0.104. The standard InChI is InChI=1S/C21H45ClN/c1-4-5-6-7-8-9-10-11-12-13-14-15-16-17-18-19-20-23(2,3)21-22/h4-21H2,1-3H3/q+1. The van der Waals surface area contributed by atoms with Gasteiger partial charge in [0.2, 0.25) is 0 Å². The molecule has 0 bridgehead atoms. The minimum atomic E-state index is 0.735. The largest absolute Gasteiger partial charge is 0.316 e. The van der Waals surface area contributed by atoms with Crippen LogP contribution in [0, 0.1) is 0 Å². The molecule has 0 aromatic rings. The van der Waals surface area contributed by atoms with Crippen molar-refractivity contribution in [3.8, 4) is 0 Å². The van der Waals surface area contributed by atoms with Crippen LogP contribution in [0.2, 0.25) is 0 Å². The summed E-state index contributed by atoms with van der Waals surface area (Å²) in [4.78, 5) is 0. The Hall–Kier alpha value is 0.250. The molecule has 0 heterocycles. The fraction of sp³-hybridized carbons (Fsp3) is 1.00. The maximum absolute atomic E-state index is 5.94. The number of nitrogens with zero attached hydrogens (tertiary/aromatic N) is 1. The molecule has 23 heavy (non-hydrogen) atoms. The first-order valence-electron chi connectivity index (χ1n) is 10.5. The van der Waals surface area contributed by atoms with Crippen molar-refractivity contribution in [2.75, 3.05) is 26.6 Å². The van der Waals surface area contributed by atoms with Crippen LogP contribution >= 0.6 is 11.6 Å². The van der Waals surface area contributed by atoms with Crippen LogP contribution < -0.4 is 0 Å². The van der Waals surface area contributed by atoms with Gasteiger partial charge in [-0.3, -0.25) is 0 Å². The monoisotopic (exact) mass is 346 g/mol. The third-order valence-electron chi connectivity index (χ3n) is 4.94. The highest BCUT2D eigenvalue weighted by atomic mass is 35.5. The maximum Gasteiger partial charge on any atom is 0.154 e. The summed E-state index contributed by atoms with van der Waals surface area (Å²) in [5.41, 5.74) is 0. The van der Waals surface area contributed by atoms with Gasteiger partial charge in [0.25, 0.3) is 0 Å². The lowest BCUT2D eigenvalue weighted by molar-refractivity contribution is -0.879. The molecule has 1 nitrogen and oxygen atoms in total. The molecule has 0 aromatic carbocycles. The number of alkyl halides is 1. The van der Waals surface area contributed by atoms with E-state index in [0.29, 0.717) is 0 Å². The van der Waals surface area contributed by atoms with Crippen LogP contribution in [0.5, 0.6) is 0 Å². The Kier molecular flexibility index (Phi) is 17.3. The summed E-state index contributed by atoms with van der Waals surface area (Å²) in [6, 6.07) is 0.735. The predicted octanol–water partition coefficient (Wildman–Crippen LogP) is 7.52. The van der Waals surface area contributed by atoms with Crippen molar-refractivity contribution < 1.29 is 4.48 Å². The van der Waals surface area contributed by atoms with Gasteiger partial charge in [-0.05, 0) is 12.8 Å². The fourth-order valence-electron chi connectivity index (χ4n) is 3.15. The average molecular weight is 347 g/mol. The van der Waals surface area contributed by atoms with Crippen molar-refractivity contribution in [2.24, 2.45) is 0 Å². The summed E-state index contributed by atoms with van der Waals surface area (Å²) in [5, 5.41) is 0. The first-order chi connectivity index (χ1) is 11.1. The highest BCUT2D eigenvalue weighted by molar-refractivity contribution is 6.16. The van der Waals surface area contributed by atoms with E-state index in [1.54, 1.807) is 0 Å². The van der Waals surface area contributed by atoms with Crippen LogP contribution in [0.1, 0.15) is 110 Å². The Morgan fingerprint density at radius 3 is 1.13 bits per heavy atom. The van der Waals surface area contributed by atoms with Gasteiger partial charge in [0, 0.05) is 0 Å². The van der Waals surface area contributed by atoms with Crippen molar-refractivity contribution in [3.63, 3.8) is 0 Å². The minimum Gasteiger partial charge on any atom is -0.316 e. The van der Waals surface area contributed by atoms with Crippen LogP contribution in [0.25, 0.3) is 0 Å². The summed E-state index contributed by atoms with van der Waals surface area (Å²) < 4.78 is 0.958. The number of quaternary nitrogens is 1. The Balaban J connectivity index is 3.05. The molecule has 140 valence electrons. The molecule has 2 heteroatoms. The number of hydrogen-bond donors (Lipinski definition) is 0. The van der Waals surface area contributed by atoms with Gasteiger partial charge in [-0.2, -0.15) is 0 Å². The van der Waals surface area contributed by atoms with Gasteiger partial charge in [0.1, 0.15) is 0 Å². The second-order valence-electron chi connectivity index (χ2n) is 8.08. The fourth-order valence-corrected chi connectivity index (χ4v) is 3.27. The zero-order valence-electron chi connectivity index (χ0n) is 16.6. The number of rotatable bonds is 18. The van der Waals surface area contributed by atoms with Crippen molar-refractivity contribution in [1.82, 2.24) is 0 Å². The molecule has 0 fully saturated rings. The number of halogens is 1. The van der Waals surface area contributed by atoms with Crippen LogP contribution in [0.3, 0.4) is 0 Å². The lowest BCUT2D eigenvalue weighted by atomic mass is 10.0. The zero-order chi connectivity index (χ0) is 17.2. The summed E-state index contributed by atoms with van der Waals surface area (Å²) in [7, 11) is 4.44. The Labute approximate surface area is 152 Å². The molecule has 0 aliphatic heterocycles. The smallest absolute Gasteiger partial charge is 0.154 e. The van der Waals surface area contributed by atoms with Crippen LogP contribution in [-0.2, 0) is 0 Å².